The smallest absolute Gasteiger partial charge is 0.314 e. The maximum atomic E-state index is 11.0. The van der Waals surface area contributed by atoms with Crippen LogP contribution >= 0.6 is 11.6 Å². The fourth-order valence-corrected chi connectivity index (χ4v) is 1.98. The quantitative estimate of drug-likeness (QED) is 0.412. The number of hydrogen-bond donors (Lipinski definition) is 0. The van der Waals surface area contributed by atoms with Crippen LogP contribution in [0.2, 0.25) is 5.02 Å². The van der Waals surface area contributed by atoms with Crippen molar-refractivity contribution >= 4 is 17.3 Å². The van der Waals surface area contributed by atoms with Crippen LogP contribution < -0.4 is 14.2 Å². The van der Waals surface area contributed by atoms with Gasteiger partial charge in [0.25, 0.3) is 0 Å². The van der Waals surface area contributed by atoms with Crippen molar-refractivity contribution in [1.29, 1.82) is 0 Å². The zero-order chi connectivity index (χ0) is 16.7. The number of hydrogen-bond acceptors (Lipinski definition) is 5. The largest absolute Gasteiger partial charge is 0.496 e. The number of rotatable bonds is 8. The SMILES string of the molecule is COc1ccc(OCCCOc2ccc(Cl)cc2)c([N+](=O)[O-])c1. The van der Waals surface area contributed by atoms with Crippen molar-refractivity contribution in [2.45, 2.75) is 6.42 Å². The Hall–Kier alpha value is -2.47. The van der Waals surface area contributed by atoms with Crippen molar-refractivity contribution in [3.05, 3.63) is 57.6 Å². The van der Waals surface area contributed by atoms with Crippen LogP contribution in [-0.2, 0) is 0 Å². The van der Waals surface area contributed by atoms with E-state index in [4.69, 9.17) is 25.8 Å². The van der Waals surface area contributed by atoms with Crippen molar-refractivity contribution in [3.63, 3.8) is 0 Å². The van der Waals surface area contributed by atoms with Crippen LogP contribution in [0, 0.1) is 10.1 Å². The van der Waals surface area contributed by atoms with E-state index in [0.717, 1.165) is 0 Å². The van der Waals surface area contributed by atoms with Crippen LogP contribution in [0.5, 0.6) is 17.2 Å². The molecular formula is C16H16ClNO5. The summed E-state index contributed by atoms with van der Waals surface area (Å²) in [7, 11) is 1.45. The average Bonchev–Trinajstić information content (AvgIpc) is 2.56. The van der Waals surface area contributed by atoms with E-state index in [9.17, 15) is 10.1 Å². The molecule has 0 amide bonds. The Kier molecular flexibility index (Phi) is 6.05. The van der Waals surface area contributed by atoms with E-state index in [-0.39, 0.29) is 11.4 Å². The standard InChI is InChI=1S/C16H16ClNO5/c1-21-14-7-8-16(15(11-14)18(19)20)23-10-2-9-22-13-5-3-12(17)4-6-13/h3-8,11H,2,9-10H2,1H3. The molecule has 0 N–H and O–H groups in total. The summed E-state index contributed by atoms with van der Waals surface area (Å²) in [5.74, 6) is 1.34. The van der Waals surface area contributed by atoms with Gasteiger partial charge in [-0.2, -0.15) is 0 Å². The van der Waals surface area contributed by atoms with E-state index in [0.29, 0.717) is 36.2 Å². The van der Waals surface area contributed by atoms with Crippen LogP contribution in [0.4, 0.5) is 5.69 Å². The monoisotopic (exact) mass is 337 g/mol. The van der Waals surface area contributed by atoms with Crippen molar-refractivity contribution < 1.29 is 19.1 Å². The third-order valence-electron chi connectivity index (χ3n) is 2.99. The van der Waals surface area contributed by atoms with E-state index in [2.05, 4.69) is 0 Å². The Labute approximate surface area is 138 Å². The second-order valence-electron chi connectivity index (χ2n) is 4.60. The van der Waals surface area contributed by atoms with E-state index in [1.165, 1.54) is 19.2 Å². The molecule has 23 heavy (non-hydrogen) atoms. The van der Waals surface area contributed by atoms with Gasteiger partial charge in [-0.05, 0) is 36.4 Å². The molecular weight excluding hydrogens is 322 g/mol. The minimum Gasteiger partial charge on any atom is -0.496 e. The molecule has 0 fully saturated rings. The zero-order valence-corrected chi connectivity index (χ0v) is 13.3. The van der Waals surface area contributed by atoms with Gasteiger partial charge in [-0.25, -0.2) is 0 Å². The molecule has 0 aromatic heterocycles. The van der Waals surface area contributed by atoms with Crippen LogP contribution in [0.3, 0.4) is 0 Å². The van der Waals surface area contributed by atoms with Gasteiger partial charge in [-0.15, -0.1) is 0 Å². The molecule has 0 spiro atoms. The molecule has 2 aromatic carbocycles. The first-order chi connectivity index (χ1) is 11.1. The minimum atomic E-state index is -0.498. The predicted octanol–water partition coefficient (Wildman–Crippen LogP) is 4.10. The molecule has 0 bridgehead atoms. The molecule has 0 aliphatic carbocycles. The van der Waals surface area contributed by atoms with Crippen LogP contribution in [0.15, 0.2) is 42.5 Å². The molecule has 2 aromatic rings. The number of ether oxygens (including phenoxy) is 3. The van der Waals surface area contributed by atoms with E-state index in [1.54, 1.807) is 30.3 Å². The third kappa shape index (κ3) is 5.03. The van der Waals surface area contributed by atoms with Gasteiger partial charge in [0.2, 0.25) is 0 Å². The fourth-order valence-electron chi connectivity index (χ4n) is 1.85. The first-order valence-electron chi connectivity index (χ1n) is 6.94. The molecule has 122 valence electrons. The second kappa shape index (κ2) is 8.24. The minimum absolute atomic E-state index is 0.122. The van der Waals surface area contributed by atoms with Crippen molar-refractivity contribution in [2.24, 2.45) is 0 Å². The summed E-state index contributed by atoms with van der Waals surface area (Å²) < 4.78 is 15.9. The molecule has 7 heteroatoms. The summed E-state index contributed by atoms with van der Waals surface area (Å²) >= 11 is 5.79. The molecule has 0 radical (unpaired) electrons. The van der Waals surface area contributed by atoms with Crippen LogP contribution in [0.25, 0.3) is 0 Å². The lowest BCUT2D eigenvalue weighted by Crippen LogP contribution is -2.06. The van der Waals surface area contributed by atoms with Gasteiger partial charge < -0.3 is 14.2 Å². The molecule has 2 rings (SSSR count). The highest BCUT2D eigenvalue weighted by molar-refractivity contribution is 6.30. The van der Waals surface area contributed by atoms with Gasteiger partial charge >= 0.3 is 5.69 Å². The van der Waals surface area contributed by atoms with E-state index < -0.39 is 4.92 Å². The molecule has 0 saturated carbocycles. The maximum absolute atomic E-state index is 11.0. The molecule has 0 heterocycles. The highest BCUT2D eigenvalue weighted by Gasteiger charge is 2.16. The summed E-state index contributed by atoms with van der Waals surface area (Å²) in [4.78, 5) is 10.5. The number of nitro groups is 1. The van der Waals surface area contributed by atoms with E-state index >= 15 is 0 Å². The Morgan fingerprint density at radius 2 is 1.70 bits per heavy atom. The van der Waals surface area contributed by atoms with Crippen molar-refractivity contribution in [2.75, 3.05) is 20.3 Å². The molecule has 6 nitrogen and oxygen atoms in total. The van der Waals surface area contributed by atoms with Gasteiger partial charge in [0.1, 0.15) is 11.5 Å². The average molecular weight is 338 g/mol. The van der Waals surface area contributed by atoms with Gasteiger partial charge in [0, 0.05) is 11.4 Å². The van der Waals surface area contributed by atoms with Crippen LogP contribution in [0.1, 0.15) is 6.42 Å². The number of benzene rings is 2. The molecule has 0 atom stereocenters. The molecule has 0 aliphatic rings. The molecule has 0 unspecified atom stereocenters. The lowest BCUT2D eigenvalue weighted by molar-refractivity contribution is -0.385. The summed E-state index contributed by atoms with van der Waals surface area (Å²) in [6, 6.07) is 11.5. The zero-order valence-electron chi connectivity index (χ0n) is 12.5. The highest BCUT2D eigenvalue weighted by atomic mass is 35.5. The number of methoxy groups -OCH3 is 1. The Bertz CT molecular complexity index is 660. The van der Waals surface area contributed by atoms with E-state index in [1.807, 2.05) is 0 Å². The Balaban J connectivity index is 1.82. The van der Waals surface area contributed by atoms with Gasteiger partial charge in [-0.3, -0.25) is 10.1 Å². The normalized spacial score (nSPS) is 10.2. The maximum Gasteiger partial charge on any atom is 0.314 e. The number of halogens is 1. The number of nitro benzene ring substituents is 1. The van der Waals surface area contributed by atoms with Crippen molar-refractivity contribution in [1.82, 2.24) is 0 Å². The first-order valence-corrected chi connectivity index (χ1v) is 7.31. The lowest BCUT2D eigenvalue weighted by Gasteiger charge is -2.09. The second-order valence-corrected chi connectivity index (χ2v) is 5.03. The fraction of sp³-hybridized carbons (Fsp3) is 0.250. The predicted molar refractivity (Wildman–Crippen MR) is 86.7 cm³/mol. The Morgan fingerprint density at radius 1 is 1.04 bits per heavy atom. The van der Waals surface area contributed by atoms with Crippen molar-refractivity contribution in [3.8, 4) is 17.2 Å². The van der Waals surface area contributed by atoms with Crippen LogP contribution in [-0.4, -0.2) is 25.2 Å². The summed E-state index contributed by atoms with van der Waals surface area (Å²) in [5.41, 5.74) is -0.122. The highest BCUT2D eigenvalue weighted by Crippen LogP contribution is 2.31. The third-order valence-corrected chi connectivity index (χ3v) is 3.24. The topological polar surface area (TPSA) is 70.8 Å². The van der Waals surface area contributed by atoms with Gasteiger partial charge in [-0.1, -0.05) is 11.6 Å². The number of nitrogens with zero attached hydrogens (tertiary/aromatic N) is 1. The summed E-state index contributed by atoms with van der Waals surface area (Å²) in [6.07, 6.45) is 0.589. The lowest BCUT2D eigenvalue weighted by atomic mass is 10.3. The molecule has 0 aliphatic heterocycles. The Morgan fingerprint density at radius 3 is 2.35 bits per heavy atom. The first kappa shape index (κ1) is 16.9. The van der Waals surface area contributed by atoms with Gasteiger partial charge in [0.15, 0.2) is 5.75 Å². The molecule has 0 saturated heterocycles. The van der Waals surface area contributed by atoms with Gasteiger partial charge in [0.05, 0.1) is 31.3 Å². The summed E-state index contributed by atoms with van der Waals surface area (Å²) in [5, 5.41) is 11.7. The summed E-state index contributed by atoms with van der Waals surface area (Å²) in [6.45, 7) is 0.742.